The fraction of sp³-hybridized carbons (Fsp3) is 0.536. The lowest BCUT2D eigenvalue weighted by Gasteiger charge is -2.43. The normalized spacial score (nSPS) is 20.9. The van der Waals surface area contributed by atoms with Gasteiger partial charge in [0.15, 0.2) is 0 Å². The standard InChI is InChI=1S/C28H36ClN3O4/c1-20-13-24(14-21(2)27(20)29)36-19-28(16-26(35)31-11-6-23(33)7-12-31)8-4-10-32(18-28)25(34)15-22-5-3-9-30-17-22/h3,5,9,13-14,17,23,33H,4,6-8,10-12,15-16,18-19H2,1-2H3/t28-/m1/s1. The Balaban J connectivity index is 1.51. The average molecular weight is 514 g/mol. The zero-order valence-corrected chi connectivity index (χ0v) is 22.0. The lowest BCUT2D eigenvalue weighted by molar-refractivity contribution is -0.142. The third-order valence-electron chi connectivity index (χ3n) is 7.39. The highest BCUT2D eigenvalue weighted by atomic mass is 35.5. The summed E-state index contributed by atoms with van der Waals surface area (Å²) >= 11 is 6.34. The first kappa shape index (κ1) is 26.4. The first-order valence-corrected chi connectivity index (χ1v) is 13.1. The first-order valence-electron chi connectivity index (χ1n) is 12.8. The molecule has 8 heteroatoms. The van der Waals surface area contributed by atoms with E-state index in [4.69, 9.17) is 16.3 Å². The second-order valence-corrected chi connectivity index (χ2v) is 10.8. The summed E-state index contributed by atoms with van der Waals surface area (Å²) in [6.45, 7) is 6.51. The number of halogens is 1. The number of aromatic nitrogens is 1. The number of pyridine rings is 1. The van der Waals surface area contributed by atoms with Gasteiger partial charge in [-0.15, -0.1) is 0 Å². The molecule has 36 heavy (non-hydrogen) atoms. The van der Waals surface area contributed by atoms with Crippen LogP contribution < -0.4 is 4.74 Å². The number of aliphatic hydroxyl groups is 1. The Morgan fingerprint density at radius 1 is 1.14 bits per heavy atom. The fourth-order valence-electron chi connectivity index (χ4n) is 5.30. The van der Waals surface area contributed by atoms with Gasteiger partial charge in [-0.25, -0.2) is 0 Å². The van der Waals surface area contributed by atoms with Crippen molar-refractivity contribution in [2.24, 2.45) is 5.41 Å². The van der Waals surface area contributed by atoms with Crippen molar-refractivity contribution in [2.45, 2.75) is 58.5 Å². The van der Waals surface area contributed by atoms with Crippen LogP contribution in [0.4, 0.5) is 0 Å². The predicted octanol–water partition coefficient (Wildman–Crippen LogP) is 3.96. The highest BCUT2D eigenvalue weighted by Crippen LogP contribution is 2.36. The Kier molecular flexibility index (Phi) is 8.52. The third-order valence-corrected chi connectivity index (χ3v) is 7.99. The number of ether oxygens (including phenoxy) is 1. The molecule has 7 nitrogen and oxygen atoms in total. The van der Waals surface area contributed by atoms with Crippen molar-refractivity contribution < 1.29 is 19.4 Å². The zero-order valence-electron chi connectivity index (χ0n) is 21.2. The van der Waals surface area contributed by atoms with E-state index in [1.54, 1.807) is 12.4 Å². The summed E-state index contributed by atoms with van der Waals surface area (Å²) in [5, 5.41) is 10.6. The molecule has 0 unspecified atom stereocenters. The SMILES string of the molecule is Cc1cc(OC[C@@]2(CC(=O)N3CCC(O)CC3)CCCN(C(=O)Cc3cccnc3)C2)cc(C)c1Cl. The van der Waals surface area contributed by atoms with E-state index < -0.39 is 5.41 Å². The fourth-order valence-corrected chi connectivity index (χ4v) is 5.41. The van der Waals surface area contributed by atoms with Crippen molar-refractivity contribution in [1.82, 2.24) is 14.8 Å². The minimum absolute atomic E-state index is 0.0406. The summed E-state index contributed by atoms with van der Waals surface area (Å²) in [6.07, 6.45) is 6.51. The molecular formula is C28H36ClN3O4. The maximum atomic E-state index is 13.4. The van der Waals surface area contributed by atoms with Crippen LogP contribution in [0.5, 0.6) is 5.75 Å². The van der Waals surface area contributed by atoms with Crippen molar-refractivity contribution in [1.29, 1.82) is 0 Å². The van der Waals surface area contributed by atoms with Crippen LogP contribution >= 0.6 is 11.6 Å². The second kappa shape index (κ2) is 11.6. The molecule has 3 heterocycles. The largest absolute Gasteiger partial charge is 0.493 e. The van der Waals surface area contributed by atoms with E-state index in [0.717, 1.165) is 40.3 Å². The van der Waals surface area contributed by atoms with Gasteiger partial charge in [0.25, 0.3) is 0 Å². The van der Waals surface area contributed by atoms with Gasteiger partial charge < -0.3 is 19.6 Å². The van der Waals surface area contributed by atoms with Crippen molar-refractivity contribution in [3.63, 3.8) is 0 Å². The van der Waals surface area contributed by atoms with Crippen LogP contribution in [0.2, 0.25) is 5.02 Å². The number of benzene rings is 1. The van der Waals surface area contributed by atoms with Crippen LogP contribution in [0.15, 0.2) is 36.7 Å². The quantitative estimate of drug-likeness (QED) is 0.606. The van der Waals surface area contributed by atoms with E-state index in [1.165, 1.54) is 0 Å². The van der Waals surface area contributed by atoms with Gasteiger partial charge in [0.05, 0.1) is 19.1 Å². The molecule has 2 aromatic rings. The number of rotatable bonds is 7. The minimum Gasteiger partial charge on any atom is -0.493 e. The number of aryl methyl sites for hydroxylation is 2. The summed E-state index contributed by atoms with van der Waals surface area (Å²) in [4.78, 5) is 34.4. The van der Waals surface area contributed by atoms with E-state index in [9.17, 15) is 14.7 Å². The van der Waals surface area contributed by atoms with Crippen LogP contribution in [0.3, 0.4) is 0 Å². The van der Waals surface area contributed by atoms with E-state index in [-0.39, 0.29) is 24.3 Å². The Morgan fingerprint density at radius 2 is 1.86 bits per heavy atom. The smallest absolute Gasteiger partial charge is 0.227 e. The number of carbonyl (C=O) groups excluding carboxylic acids is 2. The molecule has 4 rings (SSSR count). The molecule has 1 N–H and O–H groups in total. The summed E-state index contributed by atoms with van der Waals surface area (Å²) in [7, 11) is 0. The Labute approximate surface area is 218 Å². The molecule has 194 valence electrons. The van der Waals surface area contributed by atoms with Gasteiger partial charge in [-0.3, -0.25) is 14.6 Å². The minimum atomic E-state index is -0.489. The van der Waals surface area contributed by atoms with Crippen LogP contribution in [-0.4, -0.2) is 70.6 Å². The highest BCUT2D eigenvalue weighted by molar-refractivity contribution is 6.32. The maximum Gasteiger partial charge on any atom is 0.227 e. The lowest BCUT2D eigenvalue weighted by Crippen LogP contribution is -2.52. The molecule has 2 saturated heterocycles. The van der Waals surface area contributed by atoms with E-state index >= 15 is 0 Å². The van der Waals surface area contributed by atoms with E-state index in [1.807, 2.05) is 47.9 Å². The van der Waals surface area contributed by atoms with Gasteiger partial charge in [-0.05, 0) is 74.4 Å². The molecule has 2 amide bonds. The predicted molar refractivity (Wildman–Crippen MR) is 139 cm³/mol. The summed E-state index contributed by atoms with van der Waals surface area (Å²) in [5.74, 6) is 0.829. The molecule has 1 aromatic heterocycles. The van der Waals surface area contributed by atoms with E-state index in [0.29, 0.717) is 52.0 Å². The second-order valence-electron chi connectivity index (χ2n) is 10.4. The van der Waals surface area contributed by atoms with Crippen molar-refractivity contribution in [3.8, 4) is 5.75 Å². The van der Waals surface area contributed by atoms with Gasteiger partial charge in [0.2, 0.25) is 11.8 Å². The Morgan fingerprint density at radius 3 is 2.53 bits per heavy atom. The monoisotopic (exact) mass is 513 g/mol. The molecule has 0 bridgehead atoms. The molecule has 0 saturated carbocycles. The average Bonchev–Trinajstić information content (AvgIpc) is 2.87. The van der Waals surface area contributed by atoms with Gasteiger partial charge in [0.1, 0.15) is 5.75 Å². The van der Waals surface area contributed by atoms with Gasteiger partial charge in [0, 0.05) is 55.4 Å². The van der Waals surface area contributed by atoms with Crippen molar-refractivity contribution >= 4 is 23.4 Å². The van der Waals surface area contributed by atoms with E-state index in [2.05, 4.69) is 4.98 Å². The maximum absolute atomic E-state index is 13.4. The molecule has 2 fully saturated rings. The molecule has 0 aliphatic carbocycles. The Bertz CT molecular complexity index is 1050. The number of aliphatic hydroxyl groups excluding tert-OH is 1. The molecule has 0 spiro atoms. The summed E-state index contributed by atoms with van der Waals surface area (Å²) in [6, 6.07) is 7.59. The molecule has 2 aliphatic heterocycles. The lowest BCUT2D eigenvalue weighted by atomic mass is 9.77. The van der Waals surface area contributed by atoms with Crippen LogP contribution in [0.25, 0.3) is 0 Å². The third kappa shape index (κ3) is 6.56. The van der Waals surface area contributed by atoms with Gasteiger partial charge in [-0.1, -0.05) is 17.7 Å². The molecule has 1 atom stereocenters. The van der Waals surface area contributed by atoms with Crippen LogP contribution in [0.1, 0.15) is 48.8 Å². The molecule has 2 aliphatic rings. The van der Waals surface area contributed by atoms with Crippen LogP contribution in [-0.2, 0) is 16.0 Å². The van der Waals surface area contributed by atoms with Gasteiger partial charge in [-0.2, -0.15) is 0 Å². The summed E-state index contributed by atoms with van der Waals surface area (Å²) in [5.41, 5.74) is 2.28. The number of amides is 2. The number of piperidine rings is 2. The number of hydrogen-bond acceptors (Lipinski definition) is 5. The number of hydrogen-bond donors (Lipinski definition) is 1. The molecule has 1 aromatic carbocycles. The Hall–Kier alpha value is -2.64. The van der Waals surface area contributed by atoms with Crippen LogP contribution in [0, 0.1) is 19.3 Å². The number of carbonyl (C=O) groups is 2. The first-order chi connectivity index (χ1) is 17.2. The summed E-state index contributed by atoms with van der Waals surface area (Å²) < 4.78 is 6.30. The number of nitrogens with zero attached hydrogens (tertiary/aromatic N) is 3. The molecule has 0 radical (unpaired) electrons. The van der Waals surface area contributed by atoms with Crippen molar-refractivity contribution in [3.05, 3.63) is 58.4 Å². The molecular weight excluding hydrogens is 478 g/mol. The van der Waals surface area contributed by atoms with Gasteiger partial charge >= 0.3 is 0 Å². The topological polar surface area (TPSA) is 83.0 Å². The zero-order chi connectivity index (χ0) is 25.7. The number of likely N-dealkylation sites (tertiary alicyclic amines) is 2. The highest BCUT2D eigenvalue weighted by Gasteiger charge is 2.41. The van der Waals surface area contributed by atoms with Crippen molar-refractivity contribution in [2.75, 3.05) is 32.8 Å².